The van der Waals surface area contributed by atoms with Gasteiger partial charge >= 0.3 is 10.4 Å². The molecule has 37 heavy (non-hydrogen) atoms. The van der Waals surface area contributed by atoms with Crippen LogP contribution in [0.1, 0.15) is 98.5 Å². The normalized spacial score (nSPS) is 13.6. The molecule has 1 aromatic carbocycles. The summed E-state index contributed by atoms with van der Waals surface area (Å²) in [5, 5.41) is 9.71. The summed E-state index contributed by atoms with van der Waals surface area (Å²) in [4.78, 5) is 0. The molecule has 5 nitrogen and oxygen atoms in total. The quantitative estimate of drug-likeness (QED) is 0.165. The predicted octanol–water partition coefficient (Wildman–Crippen LogP) is 8.99. The number of hydrogen-bond donors (Lipinski definition) is 2. The molecule has 0 atom stereocenters. The average Bonchev–Trinajstić information content (AvgIpc) is 2.78. The molecule has 6 heteroatoms. The van der Waals surface area contributed by atoms with Gasteiger partial charge in [0.2, 0.25) is 0 Å². The topological polar surface area (TPSA) is 83.8 Å². The zero-order chi connectivity index (χ0) is 27.8. The maximum absolute atomic E-state index is 11.1. The minimum absolute atomic E-state index is 0.00768. The van der Waals surface area contributed by atoms with E-state index in [1.54, 1.807) is 0 Å². The molecule has 0 unspecified atom stereocenters. The smallest absolute Gasteiger partial charge is 0.446 e. The molecule has 0 aromatic heterocycles. The van der Waals surface area contributed by atoms with Gasteiger partial charge in [0, 0.05) is 5.56 Å². The maximum Gasteiger partial charge on any atom is 0.446 e. The molecular weight excluding hydrogens is 484 g/mol. The Bertz CT molecular complexity index is 1110. The Labute approximate surface area is 225 Å². The van der Waals surface area contributed by atoms with Crippen LogP contribution in [-0.2, 0) is 16.8 Å². The summed E-state index contributed by atoms with van der Waals surface area (Å²) in [5.41, 5.74) is 7.33. The fraction of sp³-hybridized carbons (Fsp3) is 0.484. The van der Waals surface area contributed by atoms with Crippen molar-refractivity contribution in [1.82, 2.24) is 0 Å². The van der Waals surface area contributed by atoms with Gasteiger partial charge in [-0.25, -0.2) is 0 Å². The number of rotatable bonds is 16. The highest BCUT2D eigenvalue weighted by Gasteiger charge is 2.12. The van der Waals surface area contributed by atoms with E-state index in [2.05, 4.69) is 63.1 Å². The van der Waals surface area contributed by atoms with Crippen molar-refractivity contribution in [2.45, 2.75) is 99.3 Å². The molecule has 0 saturated carbocycles. The van der Waals surface area contributed by atoms with Crippen molar-refractivity contribution in [2.24, 2.45) is 0 Å². The number of phenols is 1. The lowest BCUT2D eigenvalue weighted by Gasteiger charge is -2.08. The molecule has 0 radical (unpaired) electrons. The fourth-order valence-electron chi connectivity index (χ4n) is 3.84. The zero-order valence-corrected chi connectivity index (χ0v) is 24.3. The first-order valence-electron chi connectivity index (χ1n) is 13.1. The second-order valence-electron chi connectivity index (χ2n) is 10.1. The number of benzene rings is 1. The van der Waals surface area contributed by atoms with E-state index in [1.807, 2.05) is 13.0 Å². The second kappa shape index (κ2) is 17.0. The summed E-state index contributed by atoms with van der Waals surface area (Å²) in [7, 11) is -4.62. The van der Waals surface area contributed by atoms with Gasteiger partial charge in [0.05, 0.1) is 0 Å². The summed E-state index contributed by atoms with van der Waals surface area (Å²) < 4.78 is 35.7. The van der Waals surface area contributed by atoms with Crippen molar-refractivity contribution in [3.05, 3.63) is 82.0 Å². The van der Waals surface area contributed by atoms with E-state index in [9.17, 15) is 13.5 Å². The Morgan fingerprint density at radius 2 is 1.16 bits per heavy atom. The lowest BCUT2D eigenvalue weighted by Crippen LogP contribution is -2.08. The standard InChI is InChI=1S/C31H46O5S/c1-24(2)11-7-12-25(3)13-8-14-26(4)15-9-16-27(5)17-10-18-28(6)19-20-29-23-30(32)21-22-31(29)36-37(33,34)35/h11,13,15,17,19,21-23,32H,7-10,12,14,16,18,20H2,1-6H3,(H,33,34,35)/b25-13+,26-15+,27-17+,28-19+. The Morgan fingerprint density at radius 3 is 1.59 bits per heavy atom. The van der Waals surface area contributed by atoms with E-state index < -0.39 is 10.4 Å². The van der Waals surface area contributed by atoms with Crippen molar-refractivity contribution in [3.8, 4) is 11.5 Å². The molecule has 0 aliphatic rings. The first-order valence-corrected chi connectivity index (χ1v) is 14.5. The van der Waals surface area contributed by atoms with Gasteiger partial charge in [0.25, 0.3) is 0 Å². The third-order valence-corrected chi connectivity index (χ3v) is 6.49. The van der Waals surface area contributed by atoms with Gasteiger partial charge in [-0.05, 0) is 118 Å². The zero-order valence-electron chi connectivity index (χ0n) is 23.5. The van der Waals surface area contributed by atoms with Crippen LogP contribution in [0.4, 0.5) is 0 Å². The fourth-order valence-corrected chi connectivity index (χ4v) is 4.23. The molecule has 206 valence electrons. The second-order valence-corrected chi connectivity index (χ2v) is 11.2. The lowest BCUT2D eigenvalue weighted by molar-refractivity contribution is 0.384. The molecule has 1 aromatic rings. The lowest BCUT2D eigenvalue weighted by atomic mass is 10.0. The van der Waals surface area contributed by atoms with Gasteiger partial charge < -0.3 is 9.29 Å². The Hall–Kier alpha value is -2.57. The van der Waals surface area contributed by atoms with Gasteiger partial charge in [-0.1, -0.05) is 58.2 Å². The predicted molar refractivity (Wildman–Crippen MR) is 155 cm³/mol. The highest BCUT2D eigenvalue weighted by molar-refractivity contribution is 7.81. The first kappa shape index (κ1) is 32.5. The number of phenolic OH excluding ortho intramolecular Hbond substituents is 1. The molecule has 0 saturated heterocycles. The van der Waals surface area contributed by atoms with Gasteiger partial charge in [0.15, 0.2) is 0 Å². The van der Waals surface area contributed by atoms with Crippen molar-refractivity contribution in [2.75, 3.05) is 0 Å². The monoisotopic (exact) mass is 530 g/mol. The summed E-state index contributed by atoms with van der Waals surface area (Å²) in [6.45, 7) is 12.9. The van der Waals surface area contributed by atoms with E-state index in [4.69, 9.17) is 4.55 Å². The van der Waals surface area contributed by atoms with Gasteiger partial charge in [-0.2, -0.15) is 8.42 Å². The summed E-state index contributed by atoms with van der Waals surface area (Å²) >= 11 is 0. The number of aromatic hydroxyl groups is 1. The van der Waals surface area contributed by atoms with E-state index in [-0.39, 0.29) is 11.5 Å². The number of hydrogen-bond acceptors (Lipinski definition) is 4. The molecular formula is C31H46O5S. The average molecular weight is 531 g/mol. The summed E-state index contributed by atoms with van der Waals surface area (Å²) in [5.74, 6) is 0.0161. The molecule has 0 spiro atoms. The largest absolute Gasteiger partial charge is 0.508 e. The van der Waals surface area contributed by atoms with Crippen LogP contribution in [0.25, 0.3) is 0 Å². The van der Waals surface area contributed by atoms with Crippen LogP contribution in [0.3, 0.4) is 0 Å². The molecule has 1 rings (SSSR count). The molecule has 0 amide bonds. The minimum Gasteiger partial charge on any atom is -0.508 e. The Kier molecular flexibility index (Phi) is 14.9. The Morgan fingerprint density at radius 1 is 0.730 bits per heavy atom. The van der Waals surface area contributed by atoms with Gasteiger partial charge in [0.1, 0.15) is 11.5 Å². The molecule has 0 bridgehead atoms. The highest BCUT2D eigenvalue weighted by atomic mass is 32.3. The van der Waals surface area contributed by atoms with Crippen molar-refractivity contribution in [3.63, 3.8) is 0 Å². The van der Waals surface area contributed by atoms with E-state index in [0.29, 0.717) is 12.0 Å². The van der Waals surface area contributed by atoms with Crippen LogP contribution in [0.2, 0.25) is 0 Å². The SMILES string of the molecule is CC(C)=CCC/C(C)=C/CC/C(C)=C/CC/C(C)=C/CC/C(C)=C/Cc1cc(O)ccc1OS(=O)(=O)O. The summed E-state index contributed by atoms with van der Waals surface area (Å²) in [6, 6.07) is 4.08. The van der Waals surface area contributed by atoms with Crippen molar-refractivity contribution < 1.29 is 22.3 Å². The van der Waals surface area contributed by atoms with Crippen LogP contribution in [0.5, 0.6) is 11.5 Å². The van der Waals surface area contributed by atoms with Gasteiger partial charge in [-0.3, -0.25) is 4.55 Å². The van der Waals surface area contributed by atoms with Crippen LogP contribution in [-0.4, -0.2) is 18.1 Å². The summed E-state index contributed by atoms with van der Waals surface area (Å²) in [6.07, 6.45) is 20.1. The Balaban J connectivity index is 2.44. The highest BCUT2D eigenvalue weighted by Crippen LogP contribution is 2.26. The first-order chi connectivity index (χ1) is 17.4. The number of allylic oxidation sites excluding steroid dienone is 10. The third-order valence-electron chi connectivity index (χ3n) is 6.10. The molecule has 0 fully saturated rings. The van der Waals surface area contributed by atoms with Crippen LogP contribution in [0, 0.1) is 0 Å². The molecule has 0 aliphatic heterocycles. The van der Waals surface area contributed by atoms with Crippen LogP contribution in [0.15, 0.2) is 76.4 Å². The molecule has 2 N–H and O–H groups in total. The maximum atomic E-state index is 11.1. The van der Waals surface area contributed by atoms with Crippen LogP contribution < -0.4 is 4.18 Å². The van der Waals surface area contributed by atoms with Crippen molar-refractivity contribution >= 4 is 10.4 Å². The van der Waals surface area contributed by atoms with Crippen LogP contribution >= 0.6 is 0 Å². The van der Waals surface area contributed by atoms with Gasteiger partial charge in [-0.15, -0.1) is 0 Å². The van der Waals surface area contributed by atoms with E-state index in [1.165, 1.54) is 40.5 Å². The molecule has 0 aliphatic carbocycles. The molecule has 0 heterocycles. The third kappa shape index (κ3) is 16.7. The van der Waals surface area contributed by atoms with E-state index in [0.717, 1.165) is 56.9 Å². The van der Waals surface area contributed by atoms with E-state index >= 15 is 0 Å². The minimum atomic E-state index is -4.62. The van der Waals surface area contributed by atoms with Crippen molar-refractivity contribution in [1.29, 1.82) is 0 Å².